The molecule has 3 rings (SSSR count). The Morgan fingerprint density at radius 3 is 1.97 bits per heavy atom. The molecule has 1 amide bonds. The Kier molecular flexibility index (Phi) is 7.06. The molecule has 5 nitrogen and oxygen atoms in total. The molecular weight excluding hydrogens is 450 g/mol. The molecule has 0 spiro atoms. The van der Waals surface area contributed by atoms with Crippen molar-refractivity contribution in [3.8, 4) is 0 Å². The molecule has 180 valence electrons. The summed E-state index contributed by atoms with van der Waals surface area (Å²) in [5, 5.41) is 0.385. The van der Waals surface area contributed by atoms with E-state index in [0.717, 1.165) is 5.56 Å². The number of nitrogens with two attached hydrogens (primary N) is 1. The van der Waals surface area contributed by atoms with Gasteiger partial charge in [-0.15, -0.1) is 0 Å². The van der Waals surface area contributed by atoms with Crippen molar-refractivity contribution in [2.45, 2.75) is 25.3 Å². The normalized spacial score (nSPS) is 17.1. The zero-order chi connectivity index (χ0) is 24.6. The molecule has 11 heteroatoms. The highest BCUT2D eigenvalue weighted by atomic mass is 19.4. The molecule has 1 aliphatic rings. The lowest BCUT2D eigenvalue weighted by atomic mass is 10.0. The summed E-state index contributed by atoms with van der Waals surface area (Å²) in [6.45, 7) is 4.05. The van der Waals surface area contributed by atoms with E-state index in [1.54, 1.807) is 18.2 Å². The van der Waals surface area contributed by atoms with Crippen molar-refractivity contribution in [2.75, 3.05) is 38.2 Å². The number of alkyl halides is 6. The van der Waals surface area contributed by atoms with Gasteiger partial charge >= 0.3 is 12.4 Å². The quantitative estimate of drug-likeness (QED) is 0.312. The van der Waals surface area contributed by atoms with E-state index in [0.29, 0.717) is 48.9 Å². The van der Waals surface area contributed by atoms with Gasteiger partial charge in [-0.25, -0.2) is 10.9 Å². The molecule has 2 aromatic carbocycles. The Morgan fingerprint density at radius 1 is 0.939 bits per heavy atom. The van der Waals surface area contributed by atoms with Gasteiger partial charge in [0.2, 0.25) is 0 Å². The van der Waals surface area contributed by atoms with Gasteiger partial charge in [-0.3, -0.25) is 9.69 Å². The van der Waals surface area contributed by atoms with Crippen molar-refractivity contribution >= 4 is 11.6 Å². The number of halogens is 6. The number of hydrogen-bond donors (Lipinski definition) is 1. The summed E-state index contributed by atoms with van der Waals surface area (Å²) in [5.41, 5.74) is -2.36. The van der Waals surface area contributed by atoms with Gasteiger partial charge in [-0.1, -0.05) is 29.8 Å². The predicted octanol–water partition coefficient (Wildman–Crippen LogP) is 4.23. The second-order valence-electron chi connectivity index (χ2n) is 8.13. The Morgan fingerprint density at radius 2 is 1.48 bits per heavy atom. The Balaban J connectivity index is 2.04. The largest absolute Gasteiger partial charge is 0.416 e. The van der Waals surface area contributed by atoms with Gasteiger partial charge in [-0.05, 0) is 37.7 Å². The van der Waals surface area contributed by atoms with Crippen LogP contribution in [-0.4, -0.2) is 48.9 Å². The summed E-state index contributed by atoms with van der Waals surface area (Å²) < 4.78 is 79.6. The summed E-state index contributed by atoms with van der Waals surface area (Å²) in [7, 11) is 1.91. The van der Waals surface area contributed by atoms with Gasteiger partial charge in [0, 0.05) is 26.2 Å². The summed E-state index contributed by atoms with van der Waals surface area (Å²) in [4.78, 5) is 17.3. The summed E-state index contributed by atoms with van der Waals surface area (Å²) in [6, 6.07) is 6.92. The van der Waals surface area contributed by atoms with Gasteiger partial charge < -0.3 is 4.90 Å². The third kappa shape index (κ3) is 5.84. The highest BCUT2D eigenvalue weighted by molar-refractivity contribution is 5.97. The van der Waals surface area contributed by atoms with Crippen LogP contribution in [0.25, 0.3) is 0 Å². The van der Waals surface area contributed by atoms with Crippen molar-refractivity contribution < 1.29 is 31.1 Å². The number of hydrogen-bond acceptors (Lipinski definition) is 4. The second-order valence-corrected chi connectivity index (χ2v) is 8.13. The van der Waals surface area contributed by atoms with Crippen molar-refractivity contribution in [3.63, 3.8) is 0 Å². The SMILES string of the molecule is Cc1cccc(C(C(=O)N(N)c2cc(C(F)(F)F)cc(C(F)(F)F)c2)N2CCN(C)CC2)c1. The lowest BCUT2D eigenvalue weighted by molar-refractivity contribution is -0.143. The number of amides is 1. The van der Waals surface area contributed by atoms with Crippen LogP contribution in [0.1, 0.15) is 28.3 Å². The molecule has 0 radical (unpaired) electrons. The fraction of sp³-hybridized carbons (Fsp3) is 0.409. The molecule has 2 N–H and O–H groups in total. The number of rotatable bonds is 4. The summed E-state index contributed by atoms with van der Waals surface area (Å²) in [5.74, 6) is 5.06. The van der Waals surface area contributed by atoms with Crippen LogP contribution >= 0.6 is 0 Å². The van der Waals surface area contributed by atoms with E-state index in [1.807, 2.05) is 24.9 Å². The Bertz CT molecular complexity index is 967. The molecule has 1 atom stereocenters. The summed E-state index contributed by atoms with van der Waals surface area (Å²) in [6.07, 6.45) is -10.1. The minimum Gasteiger partial charge on any atom is -0.304 e. The van der Waals surface area contributed by atoms with Gasteiger partial charge in [0.25, 0.3) is 5.91 Å². The molecule has 1 aliphatic heterocycles. The maximum absolute atomic E-state index is 13.4. The number of nitrogens with zero attached hydrogens (tertiary/aromatic N) is 3. The van der Waals surface area contributed by atoms with E-state index < -0.39 is 41.1 Å². The smallest absolute Gasteiger partial charge is 0.304 e. The number of anilines is 1. The number of carbonyl (C=O) groups excluding carboxylic acids is 1. The van der Waals surface area contributed by atoms with Crippen molar-refractivity contribution in [3.05, 3.63) is 64.7 Å². The number of likely N-dealkylation sites (N-methyl/N-ethyl adjacent to an activating group) is 1. The van der Waals surface area contributed by atoms with E-state index >= 15 is 0 Å². The lowest BCUT2D eigenvalue weighted by Gasteiger charge is -2.38. The zero-order valence-electron chi connectivity index (χ0n) is 18.0. The minimum absolute atomic E-state index is 0.000322. The molecule has 0 saturated carbocycles. The molecule has 1 fully saturated rings. The Hall–Kier alpha value is -2.63. The maximum Gasteiger partial charge on any atom is 0.416 e. The number of benzene rings is 2. The van der Waals surface area contributed by atoms with Crippen LogP contribution in [0, 0.1) is 6.92 Å². The average molecular weight is 474 g/mol. The first-order chi connectivity index (χ1) is 15.3. The second kappa shape index (κ2) is 9.32. The Labute approximate surface area is 187 Å². The number of piperazine rings is 1. The number of aryl methyl sites for hydroxylation is 1. The first-order valence-electron chi connectivity index (χ1n) is 10.1. The molecule has 33 heavy (non-hydrogen) atoms. The highest BCUT2D eigenvalue weighted by Gasteiger charge is 2.39. The van der Waals surface area contributed by atoms with Crippen LogP contribution in [0.3, 0.4) is 0 Å². The first-order valence-corrected chi connectivity index (χ1v) is 10.1. The van der Waals surface area contributed by atoms with Gasteiger partial charge in [0.15, 0.2) is 0 Å². The van der Waals surface area contributed by atoms with Crippen molar-refractivity contribution in [1.29, 1.82) is 0 Å². The third-order valence-corrected chi connectivity index (χ3v) is 5.58. The predicted molar refractivity (Wildman–Crippen MR) is 111 cm³/mol. The maximum atomic E-state index is 13.4. The topological polar surface area (TPSA) is 52.8 Å². The van der Waals surface area contributed by atoms with E-state index in [2.05, 4.69) is 4.90 Å². The molecule has 1 heterocycles. The lowest BCUT2D eigenvalue weighted by Crippen LogP contribution is -2.52. The fourth-order valence-electron chi connectivity index (χ4n) is 3.77. The summed E-state index contributed by atoms with van der Waals surface area (Å²) >= 11 is 0. The monoisotopic (exact) mass is 474 g/mol. The molecule has 0 aliphatic carbocycles. The average Bonchev–Trinajstić information content (AvgIpc) is 2.73. The van der Waals surface area contributed by atoms with Crippen molar-refractivity contribution in [1.82, 2.24) is 9.80 Å². The van der Waals surface area contributed by atoms with E-state index in [4.69, 9.17) is 5.84 Å². The molecule has 1 saturated heterocycles. The number of carbonyl (C=O) groups is 1. The van der Waals surface area contributed by atoms with Crippen LogP contribution in [0.4, 0.5) is 32.0 Å². The van der Waals surface area contributed by atoms with Gasteiger partial charge in [0.1, 0.15) is 6.04 Å². The van der Waals surface area contributed by atoms with Crippen molar-refractivity contribution in [2.24, 2.45) is 5.84 Å². The molecule has 1 unspecified atom stereocenters. The molecular formula is C22H24F6N4O. The highest BCUT2D eigenvalue weighted by Crippen LogP contribution is 2.38. The number of hydrazine groups is 1. The molecule has 2 aromatic rings. The van der Waals surface area contributed by atoms with Gasteiger partial charge in [-0.2, -0.15) is 26.3 Å². The van der Waals surface area contributed by atoms with E-state index in [-0.39, 0.29) is 6.07 Å². The van der Waals surface area contributed by atoms with Crippen LogP contribution in [0.15, 0.2) is 42.5 Å². The van der Waals surface area contributed by atoms with Crippen LogP contribution in [-0.2, 0) is 17.1 Å². The van der Waals surface area contributed by atoms with Gasteiger partial charge in [0.05, 0.1) is 16.8 Å². The third-order valence-electron chi connectivity index (χ3n) is 5.58. The van der Waals surface area contributed by atoms with E-state index in [9.17, 15) is 31.1 Å². The first kappa shape index (κ1) is 25.0. The van der Waals surface area contributed by atoms with Crippen LogP contribution < -0.4 is 10.9 Å². The van der Waals surface area contributed by atoms with Crippen LogP contribution in [0.5, 0.6) is 0 Å². The standard InChI is InChI=1S/C22H24F6N4O/c1-14-4-3-5-15(10-14)19(31-8-6-30(2)7-9-31)20(33)32(29)18-12-16(21(23,24)25)11-17(13-18)22(26,27)28/h3-5,10-13,19H,6-9,29H2,1-2H3. The van der Waals surface area contributed by atoms with E-state index in [1.165, 1.54) is 0 Å². The minimum atomic E-state index is -5.05. The zero-order valence-corrected chi connectivity index (χ0v) is 18.0. The van der Waals surface area contributed by atoms with Crippen LogP contribution in [0.2, 0.25) is 0 Å². The molecule has 0 aromatic heterocycles. The molecule has 0 bridgehead atoms. The fourth-order valence-corrected chi connectivity index (χ4v) is 3.77.